The molecule has 0 saturated carbocycles. The number of hydrogen-bond donors (Lipinski definition) is 0. The van der Waals surface area contributed by atoms with E-state index in [-0.39, 0.29) is 5.97 Å². The Labute approximate surface area is 143 Å². The second-order valence-corrected chi connectivity index (χ2v) is 5.21. The van der Waals surface area contributed by atoms with Gasteiger partial charge in [-0.1, -0.05) is 78.9 Å². The third-order valence-electron chi connectivity index (χ3n) is 3.23. The number of carbonyl (C=O) groups excluding carboxylic acids is 1. The second kappa shape index (κ2) is 9.11. The molecule has 0 aliphatic carbocycles. The van der Waals surface area contributed by atoms with Crippen molar-refractivity contribution in [2.75, 3.05) is 0 Å². The van der Waals surface area contributed by atoms with Crippen LogP contribution in [-0.2, 0) is 0 Å². The fourth-order valence-electron chi connectivity index (χ4n) is 1.95. The summed E-state index contributed by atoms with van der Waals surface area (Å²) in [6.45, 7) is 5.83. The van der Waals surface area contributed by atoms with Crippen molar-refractivity contribution in [1.82, 2.24) is 0 Å². The average molecular weight is 316 g/mol. The first kappa shape index (κ1) is 17.2. The van der Waals surface area contributed by atoms with Gasteiger partial charge >= 0.3 is 5.97 Å². The van der Waals surface area contributed by atoms with Gasteiger partial charge in [0.15, 0.2) is 0 Å². The van der Waals surface area contributed by atoms with Crippen LogP contribution in [-0.4, -0.2) is 5.97 Å². The van der Waals surface area contributed by atoms with Crippen molar-refractivity contribution < 1.29 is 9.53 Å². The quantitative estimate of drug-likeness (QED) is 0.462. The van der Waals surface area contributed by atoms with Gasteiger partial charge in [0.25, 0.3) is 0 Å². The lowest BCUT2D eigenvalue weighted by Crippen LogP contribution is -2.07. The molecule has 0 heterocycles. The highest BCUT2D eigenvalue weighted by Gasteiger charge is 2.06. The number of carbonyl (C=O) groups is 1. The van der Waals surface area contributed by atoms with Gasteiger partial charge in [0, 0.05) is 0 Å². The Hall–Kier alpha value is -3.13. The Morgan fingerprint density at radius 2 is 1.12 bits per heavy atom. The third kappa shape index (κ3) is 5.58. The molecular formula is C22H20O2. The minimum atomic E-state index is -0.332. The molecule has 3 rings (SSSR count). The molecule has 2 heteroatoms. The molecule has 0 atom stereocenters. The lowest BCUT2D eigenvalue weighted by Gasteiger charge is -2.02. The molecule has 0 fully saturated rings. The Kier molecular flexibility index (Phi) is 6.54. The van der Waals surface area contributed by atoms with Crippen LogP contribution in [0, 0.1) is 0 Å². The fourth-order valence-corrected chi connectivity index (χ4v) is 1.95. The molecule has 2 nitrogen and oxygen atoms in total. The van der Waals surface area contributed by atoms with Gasteiger partial charge in [-0.15, -0.1) is 0 Å². The summed E-state index contributed by atoms with van der Waals surface area (Å²) >= 11 is 0. The van der Waals surface area contributed by atoms with Crippen LogP contribution in [0.25, 0.3) is 5.57 Å². The predicted octanol–water partition coefficient (Wildman–Crippen LogP) is 5.63. The van der Waals surface area contributed by atoms with Crippen molar-refractivity contribution in [2.45, 2.75) is 6.92 Å². The smallest absolute Gasteiger partial charge is 0.343 e. The van der Waals surface area contributed by atoms with Gasteiger partial charge in [-0.05, 0) is 36.8 Å². The van der Waals surface area contributed by atoms with Gasteiger partial charge in [-0.3, -0.25) is 0 Å². The van der Waals surface area contributed by atoms with Crippen LogP contribution in [0.4, 0.5) is 0 Å². The minimum Gasteiger partial charge on any atom is -0.423 e. The molecule has 0 amide bonds. The zero-order valence-electron chi connectivity index (χ0n) is 13.7. The number of para-hydroxylation sites is 1. The summed E-state index contributed by atoms with van der Waals surface area (Å²) in [7, 11) is 0. The summed E-state index contributed by atoms with van der Waals surface area (Å²) in [5, 5.41) is 0. The van der Waals surface area contributed by atoms with Crippen LogP contribution in [0.2, 0.25) is 0 Å². The Morgan fingerprint density at radius 3 is 1.54 bits per heavy atom. The minimum absolute atomic E-state index is 0.332. The predicted molar refractivity (Wildman–Crippen MR) is 99.0 cm³/mol. The molecule has 0 saturated heterocycles. The normalized spacial score (nSPS) is 9.38. The highest BCUT2D eigenvalue weighted by Crippen LogP contribution is 2.11. The number of benzene rings is 3. The topological polar surface area (TPSA) is 26.3 Å². The number of esters is 1. The molecule has 0 aromatic heterocycles. The van der Waals surface area contributed by atoms with Crippen molar-refractivity contribution in [3.05, 3.63) is 109 Å². The molecule has 0 aliphatic heterocycles. The molecule has 120 valence electrons. The summed E-state index contributed by atoms with van der Waals surface area (Å²) in [5.41, 5.74) is 2.90. The van der Waals surface area contributed by atoms with Crippen LogP contribution >= 0.6 is 0 Å². The zero-order valence-corrected chi connectivity index (χ0v) is 13.7. The summed E-state index contributed by atoms with van der Waals surface area (Å²) in [6.07, 6.45) is 0. The first-order valence-corrected chi connectivity index (χ1v) is 7.70. The largest absolute Gasteiger partial charge is 0.423 e. The highest BCUT2D eigenvalue weighted by molar-refractivity contribution is 5.90. The molecule has 0 spiro atoms. The zero-order chi connectivity index (χ0) is 17.2. The average Bonchev–Trinajstić information content (AvgIpc) is 2.64. The van der Waals surface area contributed by atoms with Crippen LogP contribution in [0.1, 0.15) is 22.8 Å². The van der Waals surface area contributed by atoms with E-state index in [1.807, 2.05) is 61.5 Å². The molecular weight excluding hydrogens is 296 g/mol. The van der Waals surface area contributed by atoms with E-state index in [1.54, 1.807) is 24.3 Å². The van der Waals surface area contributed by atoms with Crippen LogP contribution in [0.3, 0.4) is 0 Å². The molecule has 0 radical (unpaired) electrons. The monoisotopic (exact) mass is 316 g/mol. The molecule has 0 aliphatic rings. The maximum absolute atomic E-state index is 11.6. The van der Waals surface area contributed by atoms with Crippen LogP contribution in [0.5, 0.6) is 5.75 Å². The standard InChI is InChI=1S/C13H10O2.C9H10/c14-13(11-7-3-1-4-8-11)15-12-9-5-2-6-10-12;1-8(2)9-6-4-3-5-7-9/h1-10H;3-7H,1H2,2H3. The molecule has 0 N–H and O–H groups in total. The third-order valence-corrected chi connectivity index (χ3v) is 3.23. The van der Waals surface area contributed by atoms with Gasteiger partial charge < -0.3 is 4.74 Å². The molecule has 0 bridgehead atoms. The van der Waals surface area contributed by atoms with Crippen molar-refractivity contribution in [3.8, 4) is 5.75 Å². The van der Waals surface area contributed by atoms with Crippen molar-refractivity contribution in [2.24, 2.45) is 0 Å². The van der Waals surface area contributed by atoms with E-state index < -0.39 is 0 Å². The van der Waals surface area contributed by atoms with E-state index >= 15 is 0 Å². The van der Waals surface area contributed by atoms with Crippen molar-refractivity contribution >= 4 is 11.5 Å². The second-order valence-electron chi connectivity index (χ2n) is 5.21. The molecule has 3 aromatic carbocycles. The van der Waals surface area contributed by atoms with E-state index in [1.165, 1.54) is 5.56 Å². The highest BCUT2D eigenvalue weighted by atomic mass is 16.5. The van der Waals surface area contributed by atoms with Gasteiger partial charge in [-0.2, -0.15) is 0 Å². The van der Waals surface area contributed by atoms with E-state index in [2.05, 4.69) is 18.7 Å². The lowest BCUT2D eigenvalue weighted by molar-refractivity contribution is 0.0735. The maximum atomic E-state index is 11.6. The molecule has 0 unspecified atom stereocenters. The van der Waals surface area contributed by atoms with Gasteiger partial charge in [-0.25, -0.2) is 4.79 Å². The number of ether oxygens (including phenoxy) is 1. The Morgan fingerprint density at radius 1 is 0.708 bits per heavy atom. The van der Waals surface area contributed by atoms with Gasteiger partial charge in [0.05, 0.1) is 5.56 Å². The van der Waals surface area contributed by atoms with Gasteiger partial charge in [0.2, 0.25) is 0 Å². The Bertz CT molecular complexity index is 763. The first-order valence-electron chi connectivity index (χ1n) is 7.70. The number of rotatable bonds is 3. The van der Waals surface area contributed by atoms with E-state index in [9.17, 15) is 4.79 Å². The van der Waals surface area contributed by atoms with Crippen molar-refractivity contribution in [3.63, 3.8) is 0 Å². The summed E-state index contributed by atoms with van der Waals surface area (Å²) in [5.74, 6) is 0.230. The first-order chi connectivity index (χ1) is 11.7. The molecule has 3 aromatic rings. The molecule has 24 heavy (non-hydrogen) atoms. The van der Waals surface area contributed by atoms with E-state index in [0.29, 0.717) is 11.3 Å². The van der Waals surface area contributed by atoms with Crippen molar-refractivity contribution in [1.29, 1.82) is 0 Å². The summed E-state index contributed by atoms with van der Waals surface area (Å²) < 4.78 is 5.16. The summed E-state index contributed by atoms with van der Waals surface area (Å²) in [4.78, 5) is 11.6. The van der Waals surface area contributed by atoms with E-state index in [0.717, 1.165) is 5.57 Å². The van der Waals surface area contributed by atoms with Crippen LogP contribution < -0.4 is 4.74 Å². The lowest BCUT2D eigenvalue weighted by atomic mass is 10.1. The van der Waals surface area contributed by atoms with Gasteiger partial charge in [0.1, 0.15) is 5.75 Å². The number of allylic oxidation sites excluding steroid dienone is 1. The van der Waals surface area contributed by atoms with Crippen LogP contribution in [0.15, 0.2) is 97.6 Å². The maximum Gasteiger partial charge on any atom is 0.343 e. The SMILES string of the molecule is C=C(C)c1ccccc1.O=C(Oc1ccccc1)c1ccccc1. The number of hydrogen-bond acceptors (Lipinski definition) is 2. The van der Waals surface area contributed by atoms with E-state index in [4.69, 9.17) is 4.74 Å². The Balaban J connectivity index is 0.000000198. The summed E-state index contributed by atoms with van der Waals surface area (Å²) in [6, 6.07) is 28.1. The fraction of sp³-hybridized carbons (Fsp3) is 0.0455.